The Labute approximate surface area is 128 Å². The van der Waals surface area contributed by atoms with E-state index in [0.717, 1.165) is 38.4 Å². The lowest BCUT2D eigenvalue weighted by molar-refractivity contribution is 0.232. The van der Waals surface area contributed by atoms with Crippen molar-refractivity contribution in [1.82, 2.24) is 9.88 Å². The summed E-state index contributed by atoms with van der Waals surface area (Å²) in [6.07, 6.45) is 4.81. The summed E-state index contributed by atoms with van der Waals surface area (Å²) in [5, 5.41) is 0. The van der Waals surface area contributed by atoms with E-state index in [1.54, 1.807) is 0 Å². The van der Waals surface area contributed by atoms with Gasteiger partial charge in [-0.15, -0.1) is 0 Å². The summed E-state index contributed by atoms with van der Waals surface area (Å²) in [5.74, 6) is 1.16. The summed E-state index contributed by atoms with van der Waals surface area (Å²) in [6, 6.07) is 2.98. The van der Waals surface area contributed by atoms with Gasteiger partial charge in [-0.3, -0.25) is 4.90 Å². The fraction of sp³-hybridized carbons (Fsp3) is 0.706. The standard InChI is InChI=1S/C17H28N4/c1-3-20(4-2)15-8-9-21(12-15)17-14(11-18)10-13-6-5-7-16(13)19-17/h10,15H,3-9,11-12,18H2,1-2H3. The van der Waals surface area contributed by atoms with E-state index in [1.807, 2.05) is 0 Å². The first-order valence-electron chi connectivity index (χ1n) is 8.47. The van der Waals surface area contributed by atoms with E-state index in [4.69, 9.17) is 10.7 Å². The third-order valence-electron chi connectivity index (χ3n) is 5.12. The van der Waals surface area contributed by atoms with Crippen molar-refractivity contribution in [1.29, 1.82) is 0 Å². The molecule has 1 aliphatic carbocycles. The molecule has 4 heteroatoms. The van der Waals surface area contributed by atoms with Crippen molar-refractivity contribution >= 4 is 5.82 Å². The molecule has 2 heterocycles. The van der Waals surface area contributed by atoms with E-state index in [1.165, 1.54) is 36.1 Å². The van der Waals surface area contributed by atoms with Crippen LogP contribution in [0.2, 0.25) is 0 Å². The number of aryl methyl sites for hydroxylation is 2. The highest BCUT2D eigenvalue weighted by molar-refractivity contribution is 5.52. The third kappa shape index (κ3) is 2.79. The van der Waals surface area contributed by atoms with Gasteiger partial charge >= 0.3 is 0 Å². The molecule has 3 rings (SSSR count). The van der Waals surface area contributed by atoms with Gasteiger partial charge in [0.25, 0.3) is 0 Å². The fourth-order valence-electron chi connectivity index (χ4n) is 3.91. The average Bonchev–Trinajstić information content (AvgIpc) is 3.15. The van der Waals surface area contributed by atoms with E-state index in [2.05, 4.69) is 29.7 Å². The molecule has 0 aromatic carbocycles. The summed E-state index contributed by atoms with van der Waals surface area (Å²) in [4.78, 5) is 10.0. The summed E-state index contributed by atoms with van der Waals surface area (Å²) >= 11 is 0. The monoisotopic (exact) mass is 288 g/mol. The largest absolute Gasteiger partial charge is 0.355 e. The van der Waals surface area contributed by atoms with Gasteiger partial charge in [0, 0.05) is 36.9 Å². The molecule has 2 N–H and O–H groups in total. The Balaban J connectivity index is 1.81. The number of fused-ring (bicyclic) bond motifs is 1. The fourth-order valence-corrected chi connectivity index (χ4v) is 3.91. The van der Waals surface area contributed by atoms with Crippen LogP contribution in [0.15, 0.2) is 6.07 Å². The minimum atomic E-state index is 0.599. The van der Waals surface area contributed by atoms with Gasteiger partial charge in [-0.1, -0.05) is 13.8 Å². The number of likely N-dealkylation sites (N-methyl/N-ethyl adjacent to an activating group) is 1. The van der Waals surface area contributed by atoms with E-state index in [9.17, 15) is 0 Å². The van der Waals surface area contributed by atoms with Gasteiger partial charge in [0.15, 0.2) is 0 Å². The number of pyridine rings is 1. The first-order valence-corrected chi connectivity index (χ1v) is 8.47. The molecule has 1 fully saturated rings. The zero-order chi connectivity index (χ0) is 14.8. The number of aromatic nitrogens is 1. The molecular formula is C17H28N4. The molecule has 4 nitrogen and oxygen atoms in total. The molecule has 0 amide bonds. The highest BCUT2D eigenvalue weighted by Crippen LogP contribution is 2.30. The Bertz CT molecular complexity index is 496. The molecule has 21 heavy (non-hydrogen) atoms. The van der Waals surface area contributed by atoms with Crippen molar-refractivity contribution in [3.8, 4) is 0 Å². The van der Waals surface area contributed by atoms with Crippen LogP contribution in [0.1, 0.15) is 43.5 Å². The average molecular weight is 288 g/mol. The van der Waals surface area contributed by atoms with Crippen LogP contribution in [-0.2, 0) is 19.4 Å². The van der Waals surface area contributed by atoms with Crippen LogP contribution < -0.4 is 10.6 Å². The Morgan fingerprint density at radius 2 is 2.14 bits per heavy atom. The van der Waals surface area contributed by atoms with Gasteiger partial charge in [-0.25, -0.2) is 4.98 Å². The van der Waals surface area contributed by atoms with Crippen molar-refractivity contribution < 1.29 is 0 Å². The molecule has 1 aromatic rings. The van der Waals surface area contributed by atoms with Crippen LogP contribution in [0.25, 0.3) is 0 Å². The van der Waals surface area contributed by atoms with Gasteiger partial charge in [0.2, 0.25) is 0 Å². The predicted octanol–water partition coefficient (Wildman–Crippen LogP) is 1.95. The molecule has 116 valence electrons. The van der Waals surface area contributed by atoms with Crippen LogP contribution in [0.5, 0.6) is 0 Å². The molecule has 1 unspecified atom stereocenters. The maximum atomic E-state index is 5.98. The Kier molecular flexibility index (Phi) is 4.45. The zero-order valence-corrected chi connectivity index (χ0v) is 13.4. The van der Waals surface area contributed by atoms with Crippen molar-refractivity contribution in [2.75, 3.05) is 31.1 Å². The van der Waals surface area contributed by atoms with Crippen LogP contribution in [0.3, 0.4) is 0 Å². The van der Waals surface area contributed by atoms with Gasteiger partial charge in [-0.05, 0) is 50.4 Å². The molecule has 0 radical (unpaired) electrons. The van der Waals surface area contributed by atoms with Gasteiger partial charge in [0.1, 0.15) is 5.82 Å². The molecule has 1 aromatic heterocycles. The second-order valence-electron chi connectivity index (χ2n) is 6.24. The molecule has 0 saturated carbocycles. The van der Waals surface area contributed by atoms with E-state index < -0.39 is 0 Å². The quantitative estimate of drug-likeness (QED) is 0.899. The highest BCUT2D eigenvalue weighted by atomic mass is 15.3. The lowest BCUT2D eigenvalue weighted by Gasteiger charge is -2.27. The van der Waals surface area contributed by atoms with Gasteiger partial charge < -0.3 is 10.6 Å². The topological polar surface area (TPSA) is 45.4 Å². The normalized spacial score (nSPS) is 21.3. The number of anilines is 1. The Morgan fingerprint density at radius 1 is 1.33 bits per heavy atom. The first kappa shape index (κ1) is 14.8. The van der Waals surface area contributed by atoms with Crippen molar-refractivity contribution in [2.45, 2.75) is 52.1 Å². The SMILES string of the molecule is CCN(CC)C1CCN(c2nc3c(cc2CN)CCC3)C1. The van der Waals surface area contributed by atoms with Crippen LogP contribution in [0, 0.1) is 0 Å². The van der Waals surface area contributed by atoms with Gasteiger partial charge in [-0.2, -0.15) is 0 Å². The van der Waals surface area contributed by atoms with Crippen molar-refractivity contribution in [2.24, 2.45) is 5.73 Å². The summed E-state index contributed by atoms with van der Waals surface area (Å²) in [5.41, 5.74) is 9.96. The van der Waals surface area contributed by atoms with Crippen molar-refractivity contribution in [3.05, 3.63) is 22.9 Å². The number of hydrogen-bond donors (Lipinski definition) is 1. The minimum Gasteiger partial charge on any atom is -0.355 e. The summed E-state index contributed by atoms with van der Waals surface area (Å²) < 4.78 is 0. The lowest BCUT2D eigenvalue weighted by atomic mass is 10.1. The number of rotatable bonds is 5. The first-order chi connectivity index (χ1) is 10.3. The molecular weight excluding hydrogens is 260 g/mol. The Morgan fingerprint density at radius 3 is 2.86 bits per heavy atom. The molecule has 1 aliphatic heterocycles. The highest BCUT2D eigenvalue weighted by Gasteiger charge is 2.29. The van der Waals surface area contributed by atoms with Gasteiger partial charge in [0.05, 0.1) is 0 Å². The molecule has 0 spiro atoms. The van der Waals surface area contributed by atoms with Crippen LogP contribution in [-0.4, -0.2) is 42.1 Å². The van der Waals surface area contributed by atoms with Crippen LogP contribution in [0.4, 0.5) is 5.82 Å². The third-order valence-corrected chi connectivity index (χ3v) is 5.12. The van der Waals surface area contributed by atoms with Crippen molar-refractivity contribution in [3.63, 3.8) is 0 Å². The second kappa shape index (κ2) is 6.32. The maximum absolute atomic E-state index is 5.98. The Hall–Kier alpha value is -1.13. The van der Waals surface area contributed by atoms with E-state index in [0.29, 0.717) is 12.6 Å². The zero-order valence-electron chi connectivity index (χ0n) is 13.4. The summed E-state index contributed by atoms with van der Waals surface area (Å²) in [7, 11) is 0. The molecule has 1 atom stereocenters. The lowest BCUT2D eigenvalue weighted by Crippen LogP contribution is -2.37. The number of nitrogens with two attached hydrogens (primary N) is 1. The number of nitrogens with zero attached hydrogens (tertiary/aromatic N) is 3. The smallest absolute Gasteiger partial charge is 0.133 e. The maximum Gasteiger partial charge on any atom is 0.133 e. The van der Waals surface area contributed by atoms with Crippen LogP contribution >= 0.6 is 0 Å². The second-order valence-corrected chi connectivity index (χ2v) is 6.24. The molecule has 0 bridgehead atoms. The molecule has 1 saturated heterocycles. The van der Waals surface area contributed by atoms with E-state index in [-0.39, 0.29) is 0 Å². The summed E-state index contributed by atoms with van der Waals surface area (Å²) in [6.45, 7) is 9.59. The number of hydrogen-bond acceptors (Lipinski definition) is 4. The van der Waals surface area contributed by atoms with E-state index >= 15 is 0 Å². The predicted molar refractivity (Wildman–Crippen MR) is 87.7 cm³/mol. The minimum absolute atomic E-state index is 0.599. The molecule has 2 aliphatic rings.